The normalized spacial score (nSPS) is 10.6. The van der Waals surface area contributed by atoms with Crippen molar-refractivity contribution in [3.8, 4) is 5.75 Å². The average molecular weight is 232 g/mol. The summed E-state index contributed by atoms with van der Waals surface area (Å²) in [6.07, 6.45) is -1.01. The Morgan fingerprint density at radius 1 is 1.50 bits per heavy atom. The first kappa shape index (κ1) is 12.6. The molecule has 0 amide bonds. The summed E-state index contributed by atoms with van der Waals surface area (Å²) in [5, 5.41) is 8.77. The lowest BCUT2D eigenvalue weighted by atomic mass is 10.4. The van der Waals surface area contributed by atoms with Gasteiger partial charge in [-0.05, 0) is 12.1 Å². The molecule has 16 heavy (non-hydrogen) atoms. The fourth-order valence-corrected chi connectivity index (χ4v) is 1.27. The van der Waals surface area contributed by atoms with Crippen molar-refractivity contribution in [1.82, 2.24) is 4.98 Å². The first-order valence-corrected chi connectivity index (χ1v) is 4.81. The smallest absolute Gasteiger partial charge is 0.255 e. The lowest BCUT2D eigenvalue weighted by molar-refractivity contribution is 0.152. The molecule has 1 aromatic rings. The molecule has 0 fully saturated rings. The van der Waals surface area contributed by atoms with Gasteiger partial charge in [-0.1, -0.05) is 0 Å². The maximum Gasteiger partial charge on any atom is 0.255 e. The van der Waals surface area contributed by atoms with E-state index in [1.54, 1.807) is 12.1 Å². The number of nitrogens with zero attached hydrogens (tertiary/aromatic N) is 2. The molecule has 0 saturated heterocycles. The van der Waals surface area contributed by atoms with Crippen molar-refractivity contribution in [2.75, 3.05) is 31.7 Å². The third-order valence-electron chi connectivity index (χ3n) is 2.01. The predicted molar refractivity (Wildman–Crippen MR) is 56.1 cm³/mol. The van der Waals surface area contributed by atoms with Crippen molar-refractivity contribution < 1.29 is 18.6 Å². The highest BCUT2D eigenvalue weighted by Crippen LogP contribution is 2.16. The molecule has 1 rings (SSSR count). The van der Waals surface area contributed by atoms with Crippen LogP contribution in [0, 0.1) is 0 Å². The number of pyridine rings is 1. The van der Waals surface area contributed by atoms with Gasteiger partial charge in [-0.25, -0.2) is 13.8 Å². The van der Waals surface area contributed by atoms with Crippen LogP contribution in [0.3, 0.4) is 0 Å². The van der Waals surface area contributed by atoms with Crippen LogP contribution in [-0.4, -0.2) is 43.3 Å². The van der Waals surface area contributed by atoms with Crippen molar-refractivity contribution >= 4 is 5.82 Å². The number of aliphatic hydroxyl groups excluding tert-OH is 1. The standard InChI is InChI=1S/C10H14F2N2O2/c1-16-8-2-3-10(13-6-8)14(4-5-15)7-9(11)12/h2-3,6,9,15H,4-5,7H2,1H3. The maximum atomic E-state index is 12.3. The van der Waals surface area contributed by atoms with Crippen molar-refractivity contribution in [1.29, 1.82) is 0 Å². The highest BCUT2D eigenvalue weighted by atomic mass is 19.3. The van der Waals surface area contributed by atoms with E-state index in [-0.39, 0.29) is 13.2 Å². The van der Waals surface area contributed by atoms with Crippen molar-refractivity contribution in [2.24, 2.45) is 0 Å². The van der Waals surface area contributed by atoms with E-state index in [0.29, 0.717) is 11.6 Å². The fourth-order valence-electron chi connectivity index (χ4n) is 1.27. The zero-order chi connectivity index (χ0) is 12.0. The molecule has 1 N–H and O–H groups in total. The SMILES string of the molecule is COc1ccc(N(CCO)CC(F)F)nc1. The Kier molecular flexibility index (Phi) is 4.91. The molecule has 0 bridgehead atoms. The van der Waals surface area contributed by atoms with E-state index in [1.807, 2.05) is 0 Å². The van der Waals surface area contributed by atoms with Crippen LogP contribution < -0.4 is 9.64 Å². The zero-order valence-electron chi connectivity index (χ0n) is 8.94. The second kappa shape index (κ2) is 6.22. The van der Waals surface area contributed by atoms with E-state index in [2.05, 4.69) is 4.98 Å². The molecule has 0 aliphatic carbocycles. The minimum atomic E-state index is -2.46. The summed E-state index contributed by atoms with van der Waals surface area (Å²) in [5.74, 6) is 0.958. The second-order valence-electron chi connectivity index (χ2n) is 3.12. The summed E-state index contributed by atoms with van der Waals surface area (Å²) in [4.78, 5) is 5.30. The maximum absolute atomic E-state index is 12.3. The number of aromatic nitrogens is 1. The summed E-state index contributed by atoms with van der Waals surface area (Å²) in [6.45, 7) is -0.510. The summed E-state index contributed by atoms with van der Waals surface area (Å²) in [6, 6.07) is 3.22. The minimum absolute atomic E-state index is 0.129. The van der Waals surface area contributed by atoms with Crippen LogP contribution in [0.2, 0.25) is 0 Å². The lowest BCUT2D eigenvalue weighted by Gasteiger charge is -2.22. The molecule has 1 heterocycles. The number of hydrogen-bond donors (Lipinski definition) is 1. The predicted octanol–water partition coefficient (Wildman–Crippen LogP) is 1.15. The molecule has 0 unspecified atom stereocenters. The van der Waals surface area contributed by atoms with Gasteiger partial charge in [-0.15, -0.1) is 0 Å². The van der Waals surface area contributed by atoms with E-state index in [1.165, 1.54) is 18.2 Å². The number of alkyl halides is 2. The number of halogens is 2. The van der Waals surface area contributed by atoms with Crippen LogP contribution in [0.5, 0.6) is 5.75 Å². The van der Waals surface area contributed by atoms with Crippen LogP contribution in [0.15, 0.2) is 18.3 Å². The van der Waals surface area contributed by atoms with Gasteiger partial charge in [0.2, 0.25) is 0 Å². The monoisotopic (exact) mass is 232 g/mol. The topological polar surface area (TPSA) is 45.6 Å². The number of aliphatic hydroxyl groups is 1. The molecule has 0 spiro atoms. The van der Waals surface area contributed by atoms with Gasteiger partial charge in [0.05, 0.1) is 26.5 Å². The third kappa shape index (κ3) is 3.62. The van der Waals surface area contributed by atoms with Crippen LogP contribution >= 0.6 is 0 Å². The molecule has 90 valence electrons. The quantitative estimate of drug-likeness (QED) is 0.799. The molecule has 0 saturated carbocycles. The molecular formula is C10H14F2N2O2. The molecule has 0 aliphatic heterocycles. The van der Waals surface area contributed by atoms with E-state index in [0.717, 1.165) is 0 Å². The number of hydrogen-bond acceptors (Lipinski definition) is 4. The molecular weight excluding hydrogens is 218 g/mol. The molecule has 4 nitrogen and oxygen atoms in total. The zero-order valence-corrected chi connectivity index (χ0v) is 8.94. The Balaban J connectivity index is 2.75. The fraction of sp³-hybridized carbons (Fsp3) is 0.500. The van der Waals surface area contributed by atoms with E-state index < -0.39 is 13.0 Å². The Hall–Kier alpha value is -1.43. The Morgan fingerprint density at radius 3 is 2.69 bits per heavy atom. The van der Waals surface area contributed by atoms with Gasteiger partial charge in [0.25, 0.3) is 6.43 Å². The second-order valence-corrected chi connectivity index (χ2v) is 3.12. The Labute approximate surface area is 92.5 Å². The number of rotatable bonds is 6. The highest BCUT2D eigenvalue weighted by Gasteiger charge is 2.13. The Bertz CT molecular complexity index is 306. The molecule has 1 aromatic heterocycles. The van der Waals surface area contributed by atoms with Crippen molar-refractivity contribution in [3.63, 3.8) is 0 Å². The first-order chi connectivity index (χ1) is 7.67. The van der Waals surface area contributed by atoms with Crippen molar-refractivity contribution in [3.05, 3.63) is 18.3 Å². The van der Waals surface area contributed by atoms with Crippen LogP contribution in [-0.2, 0) is 0 Å². The van der Waals surface area contributed by atoms with Gasteiger partial charge in [0.1, 0.15) is 11.6 Å². The summed E-state index contributed by atoms with van der Waals surface area (Å²) in [5.41, 5.74) is 0. The molecule has 0 radical (unpaired) electrons. The highest BCUT2D eigenvalue weighted by molar-refractivity contribution is 5.40. The molecule has 6 heteroatoms. The van der Waals surface area contributed by atoms with E-state index in [4.69, 9.17) is 9.84 Å². The summed E-state index contributed by atoms with van der Waals surface area (Å²) >= 11 is 0. The van der Waals surface area contributed by atoms with Gasteiger partial charge in [-0.2, -0.15) is 0 Å². The number of anilines is 1. The number of methoxy groups -OCH3 is 1. The lowest BCUT2D eigenvalue weighted by Crippen LogP contribution is -2.32. The van der Waals surface area contributed by atoms with Gasteiger partial charge >= 0.3 is 0 Å². The molecule has 0 aromatic carbocycles. The van der Waals surface area contributed by atoms with E-state index in [9.17, 15) is 8.78 Å². The van der Waals surface area contributed by atoms with Crippen LogP contribution in [0.25, 0.3) is 0 Å². The summed E-state index contributed by atoms with van der Waals surface area (Å²) in [7, 11) is 1.50. The molecule has 0 aliphatic rings. The minimum Gasteiger partial charge on any atom is -0.495 e. The average Bonchev–Trinajstić information content (AvgIpc) is 2.28. The van der Waals surface area contributed by atoms with Gasteiger partial charge in [-0.3, -0.25) is 0 Å². The van der Waals surface area contributed by atoms with Crippen LogP contribution in [0.4, 0.5) is 14.6 Å². The van der Waals surface area contributed by atoms with Crippen molar-refractivity contribution in [2.45, 2.75) is 6.43 Å². The Morgan fingerprint density at radius 2 is 2.25 bits per heavy atom. The molecule has 0 atom stereocenters. The van der Waals surface area contributed by atoms with Gasteiger partial charge in [0.15, 0.2) is 0 Å². The van der Waals surface area contributed by atoms with Gasteiger partial charge in [0, 0.05) is 6.54 Å². The first-order valence-electron chi connectivity index (χ1n) is 4.81. The number of ether oxygens (including phenoxy) is 1. The van der Waals surface area contributed by atoms with E-state index >= 15 is 0 Å². The van der Waals surface area contributed by atoms with Crippen LogP contribution in [0.1, 0.15) is 0 Å². The summed E-state index contributed by atoms with van der Waals surface area (Å²) < 4.78 is 29.4. The van der Waals surface area contributed by atoms with Gasteiger partial charge < -0.3 is 14.7 Å². The third-order valence-corrected chi connectivity index (χ3v) is 2.01. The largest absolute Gasteiger partial charge is 0.495 e.